The Morgan fingerprint density at radius 1 is 0.985 bits per heavy atom. The molecule has 2 aliphatic carbocycles. The number of imidazole rings is 1. The van der Waals surface area contributed by atoms with Crippen LogP contribution in [0.3, 0.4) is 0 Å². The minimum Gasteiger partial charge on any atom is -0.444 e. The Morgan fingerprint density at radius 2 is 1.77 bits per heavy atom. The second kappa shape index (κ2) is 19.8. The molecule has 0 bridgehead atoms. The van der Waals surface area contributed by atoms with Gasteiger partial charge in [-0.15, -0.1) is 0 Å². The van der Waals surface area contributed by atoms with E-state index < -0.39 is 30.0 Å². The lowest BCUT2D eigenvalue weighted by atomic mass is 9.85. The predicted molar refractivity (Wildman–Crippen MR) is 238 cm³/mol. The van der Waals surface area contributed by atoms with Crippen molar-refractivity contribution in [3.8, 4) is 11.5 Å². The van der Waals surface area contributed by atoms with E-state index in [2.05, 4.69) is 40.8 Å². The van der Waals surface area contributed by atoms with E-state index in [-0.39, 0.29) is 41.3 Å². The van der Waals surface area contributed by atoms with Crippen LogP contribution in [0.25, 0.3) is 22.5 Å². The number of benzene rings is 1. The maximum atomic E-state index is 14.2. The summed E-state index contributed by atoms with van der Waals surface area (Å²) in [5.74, 6) is 0.705. The number of piperidine rings is 1. The summed E-state index contributed by atoms with van der Waals surface area (Å²) < 4.78 is 44.7. The van der Waals surface area contributed by atoms with Crippen molar-refractivity contribution in [3.63, 3.8) is 0 Å². The number of aromatic nitrogens is 6. The zero-order valence-corrected chi connectivity index (χ0v) is 36.7. The molecule has 4 aliphatic rings. The van der Waals surface area contributed by atoms with E-state index in [9.17, 15) is 28.0 Å². The Kier molecular flexibility index (Phi) is 13.5. The number of aryl methyl sites for hydroxylation is 2. The smallest absolute Gasteiger partial charge is 0.329 e. The number of anilines is 2. The van der Waals surface area contributed by atoms with Crippen molar-refractivity contribution in [1.82, 2.24) is 44.0 Å². The van der Waals surface area contributed by atoms with E-state index in [1.165, 1.54) is 29.9 Å². The second-order valence-electron chi connectivity index (χ2n) is 18.0. The molecule has 0 spiro atoms. The fraction of sp³-hybridized carbons (Fsp3) is 0.543. The van der Waals surface area contributed by atoms with E-state index in [0.717, 1.165) is 95.4 Å². The van der Waals surface area contributed by atoms with E-state index in [1.54, 1.807) is 34.6 Å². The molecule has 2 saturated carbocycles. The average Bonchev–Trinajstić information content (AvgIpc) is 3.71. The van der Waals surface area contributed by atoms with Gasteiger partial charge in [-0.3, -0.25) is 38.4 Å². The van der Waals surface area contributed by atoms with Crippen molar-refractivity contribution in [3.05, 3.63) is 76.4 Å². The number of oxazole rings is 1. The molecule has 19 heteroatoms. The molecule has 6 heterocycles. The highest BCUT2D eigenvalue weighted by Gasteiger charge is 2.32. The standard InChI is InChI=1S/C46H57F2N11O6/c1-55-41-31(4-2-6-36(41)59(46(55)63)37-13-14-39(60)53-44(37)62)5-3-22-64-23-21-56-17-19-57(20-18-56)26-30-9-11-33(12-10-30)58-27-34(40(54-58)42(47)48)51-43(61)35-28-65-45(52-35)32-15-16-49-38(24-32)50-25-29-7-8-29/h2,4,6,15-16,24,27-30,33,37,42H,3,5,7-14,17-23,25-26H2,1H3,(H,49,50)(H,51,61)(H,53,60,62)/t30-,33-,37?. The molecule has 1 aromatic carbocycles. The number of fused-ring (bicyclic) bond motifs is 1. The van der Waals surface area contributed by atoms with E-state index >= 15 is 0 Å². The lowest BCUT2D eigenvalue weighted by Crippen LogP contribution is -2.48. The van der Waals surface area contributed by atoms with Crippen molar-refractivity contribution >= 4 is 40.3 Å². The van der Waals surface area contributed by atoms with Gasteiger partial charge in [0.15, 0.2) is 11.4 Å². The molecule has 17 nitrogen and oxygen atoms in total. The summed E-state index contributed by atoms with van der Waals surface area (Å²) in [5, 5.41) is 12.5. The fourth-order valence-corrected chi connectivity index (χ4v) is 9.54. The van der Waals surface area contributed by atoms with Crippen molar-refractivity contribution in [2.24, 2.45) is 18.9 Å². The van der Waals surface area contributed by atoms with Crippen LogP contribution in [0.5, 0.6) is 0 Å². The zero-order chi connectivity index (χ0) is 45.0. The minimum absolute atomic E-state index is 0.0244. The Hall–Kier alpha value is -5.79. The van der Waals surface area contributed by atoms with Gasteiger partial charge in [0.25, 0.3) is 12.3 Å². The highest BCUT2D eigenvalue weighted by atomic mass is 19.3. The number of carbonyl (C=O) groups excluding carboxylic acids is 3. The van der Waals surface area contributed by atoms with Crippen LogP contribution in [0.2, 0.25) is 0 Å². The molecule has 5 aromatic rings. The van der Waals surface area contributed by atoms with E-state index in [4.69, 9.17) is 9.15 Å². The molecule has 2 saturated heterocycles. The number of nitrogens with one attached hydrogen (secondary N) is 3. The van der Waals surface area contributed by atoms with Gasteiger partial charge >= 0.3 is 5.69 Å². The molecule has 0 radical (unpaired) electrons. The van der Waals surface area contributed by atoms with Gasteiger partial charge in [0.05, 0.1) is 29.4 Å². The number of nitrogens with zero attached hydrogens (tertiary/aromatic N) is 8. The molecule has 4 fully saturated rings. The third kappa shape index (κ3) is 10.4. The van der Waals surface area contributed by atoms with Crippen LogP contribution >= 0.6 is 0 Å². The Bertz CT molecular complexity index is 2550. The van der Waals surface area contributed by atoms with Crippen LogP contribution in [0.4, 0.5) is 20.3 Å². The van der Waals surface area contributed by atoms with Gasteiger partial charge in [-0.25, -0.2) is 23.5 Å². The first kappa shape index (κ1) is 44.4. The maximum absolute atomic E-state index is 14.2. The predicted octanol–water partition coefficient (Wildman–Crippen LogP) is 5.57. The van der Waals surface area contributed by atoms with Crippen molar-refractivity contribution in [2.75, 3.05) is 69.7 Å². The first-order chi connectivity index (χ1) is 31.6. The van der Waals surface area contributed by atoms with Crippen LogP contribution < -0.4 is 21.6 Å². The summed E-state index contributed by atoms with van der Waals surface area (Å²) in [5.41, 5.74) is 2.38. The highest BCUT2D eigenvalue weighted by molar-refractivity contribution is 6.03. The minimum atomic E-state index is -2.86. The molecule has 3 N–H and O–H groups in total. The molecule has 1 atom stereocenters. The molecular weight excluding hydrogens is 841 g/mol. The molecule has 9 rings (SSSR count). The molecule has 2 aliphatic heterocycles. The SMILES string of the molecule is Cn1c(=O)n(C2CCC(=O)NC2=O)c2cccc(CCCOCCN3CCN(C[C@H]4CC[C@H](n5cc(NC(=O)c6coc(-c7ccnc(NCC8CC8)c7)n6)c(C(F)F)n5)CC4)CC3)c21. The lowest BCUT2D eigenvalue weighted by Gasteiger charge is -2.38. The Balaban J connectivity index is 0.682. The zero-order valence-electron chi connectivity index (χ0n) is 36.7. The number of carbonyl (C=O) groups is 3. The van der Waals surface area contributed by atoms with Crippen LogP contribution in [0.15, 0.2) is 58.2 Å². The average molecular weight is 898 g/mol. The quantitative estimate of drug-likeness (QED) is 0.0735. The largest absolute Gasteiger partial charge is 0.444 e. The fourth-order valence-electron chi connectivity index (χ4n) is 9.54. The molecular formula is C46H57F2N11O6. The van der Waals surface area contributed by atoms with Gasteiger partial charge < -0.3 is 24.7 Å². The van der Waals surface area contributed by atoms with Gasteiger partial charge in [-0.2, -0.15) is 5.10 Å². The summed E-state index contributed by atoms with van der Waals surface area (Å²) in [6.45, 7) is 7.84. The number of imide groups is 1. The van der Waals surface area contributed by atoms with Gasteiger partial charge in [0.2, 0.25) is 17.7 Å². The number of amides is 3. The second-order valence-corrected chi connectivity index (χ2v) is 18.0. The number of hydrogen-bond donors (Lipinski definition) is 3. The number of alkyl halides is 2. The van der Waals surface area contributed by atoms with Gasteiger partial charge in [0.1, 0.15) is 18.1 Å². The van der Waals surface area contributed by atoms with Crippen molar-refractivity contribution in [2.45, 2.75) is 82.7 Å². The van der Waals surface area contributed by atoms with Crippen LogP contribution in [-0.4, -0.2) is 115 Å². The first-order valence-corrected chi connectivity index (χ1v) is 23.0. The van der Waals surface area contributed by atoms with Crippen LogP contribution in [0.1, 0.15) is 98.0 Å². The molecule has 3 amide bonds. The summed E-state index contributed by atoms with van der Waals surface area (Å²) >= 11 is 0. The molecule has 65 heavy (non-hydrogen) atoms. The maximum Gasteiger partial charge on any atom is 0.329 e. The number of piperazine rings is 1. The summed E-state index contributed by atoms with van der Waals surface area (Å²) in [6, 6.07) is 8.57. The highest BCUT2D eigenvalue weighted by Crippen LogP contribution is 2.36. The third-order valence-electron chi connectivity index (χ3n) is 13.4. The summed E-state index contributed by atoms with van der Waals surface area (Å²) in [6.07, 6.45) is 9.54. The van der Waals surface area contributed by atoms with Crippen molar-refractivity contribution < 1.29 is 32.3 Å². The van der Waals surface area contributed by atoms with E-state index in [1.807, 2.05) is 18.2 Å². The van der Waals surface area contributed by atoms with Gasteiger partial charge in [0, 0.05) is 83.8 Å². The van der Waals surface area contributed by atoms with Crippen molar-refractivity contribution in [1.29, 1.82) is 0 Å². The number of hydrogen-bond acceptors (Lipinski definition) is 12. The third-order valence-corrected chi connectivity index (χ3v) is 13.4. The summed E-state index contributed by atoms with van der Waals surface area (Å²) in [7, 11) is 1.72. The number of ether oxygens (including phenoxy) is 1. The van der Waals surface area contributed by atoms with Gasteiger partial charge in [-0.1, -0.05) is 12.1 Å². The number of rotatable bonds is 18. The number of halogens is 2. The molecule has 346 valence electrons. The summed E-state index contributed by atoms with van der Waals surface area (Å²) in [4.78, 5) is 64.3. The Morgan fingerprint density at radius 3 is 2.54 bits per heavy atom. The van der Waals surface area contributed by atoms with Crippen LogP contribution in [0, 0.1) is 11.8 Å². The molecule has 4 aromatic heterocycles. The Labute approximate surface area is 374 Å². The number of para-hydroxylation sites is 1. The first-order valence-electron chi connectivity index (χ1n) is 23.0. The number of pyridine rings is 1. The van der Waals surface area contributed by atoms with Gasteiger partial charge in [-0.05, 0) is 93.4 Å². The monoisotopic (exact) mass is 897 g/mol. The van der Waals surface area contributed by atoms with Crippen LogP contribution in [-0.2, 0) is 27.8 Å². The normalized spacial score (nSPS) is 21.0. The van der Waals surface area contributed by atoms with E-state index in [0.29, 0.717) is 48.4 Å². The lowest BCUT2D eigenvalue weighted by molar-refractivity contribution is -0.135. The topological polar surface area (TPSA) is 187 Å². The molecule has 1 unspecified atom stereocenters.